The summed E-state index contributed by atoms with van der Waals surface area (Å²) in [7, 11) is 0. The van der Waals surface area contributed by atoms with Crippen LogP contribution in [0.2, 0.25) is 0 Å². The molecule has 0 spiro atoms. The molecule has 0 fully saturated rings. The van der Waals surface area contributed by atoms with Gasteiger partial charge in [0.25, 0.3) is 0 Å². The Morgan fingerprint density at radius 1 is 1.30 bits per heavy atom. The second kappa shape index (κ2) is 5.08. The highest BCUT2D eigenvalue weighted by molar-refractivity contribution is 7.81. The summed E-state index contributed by atoms with van der Waals surface area (Å²) in [5.41, 5.74) is 0. The molecule has 60 valence electrons. The van der Waals surface area contributed by atoms with Crippen LogP contribution in [0, 0.1) is 11.8 Å². The van der Waals surface area contributed by atoms with Gasteiger partial charge in [0.1, 0.15) is 5.78 Å². The third kappa shape index (κ3) is 2.97. The molecular formula is C7H14OS2. The number of rotatable bonds is 4. The third-order valence-corrected chi connectivity index (χ3v) is 2.29. The number of carbonyl (C=O) groups is 1. The molecule has 0 saturated carbocycles. The van der Waals surface area contributed by atoms with E-state index in [9.17, 15) is 4.79 Å². The van der Waals surface area contributed by atoms with Crippen molar-refractivity contribution in [3.8, 4) is 0 Å². The maximum atomic E-state index is 11.2. The van der Waals surface area contributed by atoms with Crippen molar-refractivity contribution in [2.75, 3.05) is 11.5 Å². The fourth-order valence-corrected chi connectivity index (χ4v) is 1.53. The topological polar surface area (TPSA) is 17.1 Å². The molecule has 0 aromatic heterocycles. The van der Waals surface area contributed by atoms with Crippen LogP contribution in [0.4, 0.5) is 0 Å². The van der Waals surface area contributed by atoms with Gasteiger partial charge in [-0.15, -0.1) is 0 Å². The van der Waals surface area contributed by atoms with E-state index >= 15 is 0 Å². The second-order valence-corrected chi connectivity index (χ2v) is 3.35. The van der Waals surface area contributed by atoms with E-state index in [1.165, 1.54) is 0 Å². The van der Waals surface area contributed by atoms with E-state index < -0.39 is 0 Å². The van der Waals surface area contributed by atoms with E-state index in [0.717, 1.165) is 0 Å². The average Bonchev–Trinajstić information content (AvgIpc) is 1.90. The monoisotopic (exact) mass is 178 g/mol. The van der Waals surface area contributed by atoms with E-state index in [1.807, 2.05) is 13.8 Å². The first-order valence-electron chi connectivity index (χ1n) is 3.39. The molecule has 0 rings (SSSR count). The fraction of sp³-hybridized carbons (Fsp3) is 0.857. The highest BCUT2D eigenvalue weighted by Gasteiger charge is 2.17. The van der Waals surface area contributed by atoms with Crippen LogP contribution in [0.15, 0.2) is 0 Å². The number of thiol groups is 2. The van der Waals surface area contributed by atoms with Crippen LogP contribution >= 0.6 is 25.3 Å². The molecule has 0 atom stereocenters. The molecule has 0 heterocycles. The molecule has 10 heavy (non-hydrogen) atoms. The zero-order valence-electron chi connectivity index (χ0n) is 6.37. The minimum Gasteiger partial charge on any atom is -0.299 e. The van der Waals surface area contributed by atoms with Crippen molar-refractivity contribution in [3.05, 3.63) is 0 Å². The van der Waals surface area contributed by atoms with Gasteiger partial charge in [0, 0.05) is 23.3 Å². The van der Waals surface area contributed by atoms with Crippen LogP contribution < -0.4 is 0 Å². The Bertz CT molecular complexity index is 108. The van der Waals surface area contributed by atoms with Crippen LogP contribution in [0.3, 0.4) is 0 Å². The summed E-state index contributed by atoms with van der Waals surface area (Å²) in [5.74, 6) is 1.64. The first-order chi connectivity index (χ1) is 4.63. The summed E-state index contributed by atoms with van der Waals surface area (Å²) in [6.07, 6.45) is 0. The lowest BCUT2D eigenvalue weighted by molar-refractivity contribution is -0.124. The standard InChI is InChI=1S/C7H14OS2/c1-5(2)7(8)6(3-9)4-10/h5-6,9-10H,3-4H2,1-2H3. The van der Waals surface area contributed by atoms with Crippen LogP contribution in [0.1, 0.15) is 13.8 Å². The molecule has 0 unspecified atom stereocenters. The number of hydrogen-bond donors (Lipinski definition) is 2. The quantitative estimate of drug-likeness (QED) is 0.627. The van der Waals surface area contributed by atoms with Crippen molar-refractivity contribution in [1.29, 1.82) is 0 Å². The van der Waals surface area contributed by atoms with Gasteiger partial charge in [0.15, 0.2) is 0 Å². The minimum atomic E-state index is 0.0340. The lowest BCUT2D eigenvalue weighted by atomic mass is 9.99. The number of hydrogen-bond acceptors (Lipinski definition) is 3. The van der Waals surface area contributed by atoms with Gasteiger partial charge in [-0.25, -0.2) is 0 Å². The number of carbonyl (C=O) groups excluding carboxylic acids is 1. The second-order valence-electron chi connectivity index (χ2n) is 2.62. The predicted octanol–water partition coefficient (Wildman–Crippen LogP) is 1.69. The van der Waals surface area contributed by atoms with Gasteiger partial charge >= 0.3 is 0 Å². The zero-order chi connectivity index (χ0) is 8.15. The van der Waals surface area contributed by atoms with E-state index in [4.69, 9.17) is 0 Å². The maximum Gasteiger partial charge on any atom is 0.140 e. The van der Waals surface area contributed by atoms with Gasteiger partial charge in [0.05, 0.1) is 0 Å². The average molecular weight is 178 g/mol. The van der Waals surface area contributed by atoms with Crippen molar-refractivity contribution in [3.63, 3.8) is 0 Å². The van der Waals surface area contributed by atoms with E-state index in [1.54, 1.807) is 0 Å². The molecule has 0 amide bonds. The lowest BCUT2D eigenvalue weighted by Gasteiger charge is -2.11. The summed E-state index contributed by atoms with van der Waals surface area (Å²) < 4.78 is 0. The Labute approximate surface area is 73.4 Å². The molecule has 0 radical (unpaired) electrons. The van der Waals surface area contributed by atoms with E-state index in [-0.39, 0.29) is 17.6 Å². The summed E-state index contributed by atoms with van der Waals surface area (Å²) in [6, 6.07) is 0. The molecule has 0 N–H and O–H groups in total. The Morgan fingerprint density at radius 2 is 1.70 bits per heavy atom. The van der Waals surface area contributed by atoms with Gasteiger partial charge in [0.2, 0.25) is 0 Å². The Hall–Kier alpha value is 0.370. The first-order valence-corrected chi connectivity index (χ1v) is 4.65. The Kier molecular flexibility index (Phi) is 5.27. The Balaban J connectivity index is 3.89. The van der Waals surface area contributed by atoms with Crippen molar-refractivity contribution in [1.82, 2.24) is 0 Å². The van der Waals surface area contributed by atoms with Gasteiger partial charge in [-0.2, -0.15) is 25.3 Å². The highest BCUT2D eigenvalue weighted by Crippen LogP contribution is 2.09. The normalized spacial score (nSPS) is 11.0. The van der Waals surface area contributed by atoms with Crippen LogP contribution in [0.25, 0.3) is 0 Å². The molecule has 0 aliphatic rings. The molecule has 0 saturated heterocycles. The summed E-state index contributed by atoms with van der Waals surface area (Å²) in [5, 5.41) is 0. The summed E-state index contributed by atoms with van der Waals surface area (Å²) >= 11 is 8.12. The SMILES string of the molecule is CC(C)C(=O)C(CS)CS. The maximum absolute atomic E-state index is 11.2. The molecule has 1 nitrogen and oxygen atoms in total. The number of ketones is 1. The summed E-state index contributed by atoms with van der Waals surface area (Å²) in [4.78, 5) is 11.2. The molecule has 0 aromatic rings. The predicted molar refractivity (Wildman–Crippen MR) is 51.0 cm³/mol. The number of Topliss-reactive ketones (excluding diaryl/α,β-unsaturated/α-hetero) is 1. The van der Waals surface area contributed by atoms with Crippen molar-refractivity contribution < 1.29 is 4.79 Å². The highest BCUT2D eigenvalue weighted by atomic mass is 32.1. The molecule has 0 aliphatic heterocycles. The van der Waals surface area contributed by atoms with Gasteiger partial charge < -0.3 is 0 Å². The van der Waals surface area contributed by atoms with Gasteiger partial charge in [-0.1, -0.05) is 13.8 Å². The zero-order valence-corrected chi connectivity index (χ0v) is 8.16. The molecule has 0 aromatic carbocycles. The lowest BCUT2D eigenvalue weighted by Crippen LogP contribution is -2.22. The van der Waals surface area contributed by atoms with Crippen LogP contribution in [-0.4, -0.2) is 17.3 Å². The molecule has 0 aliphatic carbocycles. The van der Waals surface area contributed by atoms with Crippen LogP contribution in [-0.2, 0) is 4.79 Å². The van der Waals surface area contributed by atoms with E-state index in [0.29, 0.717) is 11.5 Å². The smallest absolute Gasteiger partial charge is 0.140 e. The Morgan fingerprint density at radius 3 is 1.80 bits per heavy atom. The van der Waals surface area contributed by atoms with Crippen molar-refractivity contribution in [2.24, 2.45) is 11.8 Å². The molecular weight excluding hydrogens is 164 g/mol. The minimum absolute atomic E-state index is 0.0340. The van der Waals surface area contributed by atoms with Gasteiger partial charge in [-0.3, -0.25) is 4.79 Å². The summed E-state index contributed by atoms with van der Waals surface area (Å²) in [6.45, 7) is 3.81. The van der Waals surface area contributed by atoms with Crippen molar-refractivity contribution in [2.45, 2.75) is 13.8 Å². The van der Waals surface area contributed by atoms with Crippen LogP contribution in [0.5, 0.6) is 0 Å². The molecule has 0 bridgehead atoms. The molecule has 3 heteroatoms. The van der Waals surface area contributed by atoms with Crippen molar-refractivity contribution >= 4 is 31.0 Å². The first kappa shape index (κ1) is 10.4. The van der Waals surface area contributed by atoms with E-state index in [2.05, 4.69) is 25.3 Å². The fourth-order valence-electron chi connectivity index (χ4n) is 0.709. The van der Waals surface area contributed by atoms with Gasteiger partial charge in [-0.05, 0) is 0 Å². The third-order valence-electron chi connectivity index (χ3n) is 1.41. The largest absolute Gasteiger partial charge is 0.299 e.